The normalized spacial score (nSPS) is 33.0. The van der Waals surface area contributed by atoms with Gasteiger partial charge in [0.2, 0.25) is 5.91 Å². The average molecular weight is 441 g/mol. The van der Waals surface area contributed by atoms with Crippen LogP contribution in [0.25, 0.3) is 0 Å². The van der Waals surface area contributed by atoms with Gasteiger partial charge < -0.3 is 14.4 Å². The lowest BCUT2D eigenvalue weighted by molar-refractivity contribution is -0.173. The Morgan fingerprint density at radius 3 is 2.79 bits per heavy atom. The average Bonchev–Trinajstić information content (AvgIpc) is 3.19. The molecule has 29 heavy (non-hydrogen) atoms. The van der Waals surface area contributed by atoms with Crippen molar-refractivity contribution < 1.29 is 14.3 Å². The molecule has 7 heteroatoms. The van der Waals surface area contributed by atoms with Crippen molar-refractivity contribution in [3.8, 4) is 0 Å². The van der Waals surface area contributed by atoms with E-state index in [4.69, 9.17) is 32.7 Å². The van der Waals surface area contributed by atoms with Gasteiger partial charge in [-0.05, 0) is 37.5 Å². The van der Waals surface area contributed by atoms with Crippen LogP contribution in [0.2, 0.25) is 10.0 Å². The summed E-state index contributed by atoms with van der Waals surface area (Å²) in [6, 6.07) is 5.62. The summed E-state index contributed by atoms with van der Waals surface area (Å²) in [6.45, 7) is 9.13. The number of piperazine rings is 1. The van der Waals surface area contributed by atoms with Crippen molar-refractivity contribution in [1.82, 2.24) is 9.80 Å². The third kappa shape index (κ3) is 4.17. The molecule has 3 aliphatic rings. The predicted octanol–water partition coefficient (Wildman–Crippen LogP) is 3.65. The quantitative estimate of drug-likeness (QED) is 0.716. The number of nitrogens with zero attached hydrogens (tertiary/aromatic N) is 2. The summed E-state index contributed by atoms with van der Waals surface area (Å²) in [7, 11) is 0. The van der Waals surface area contributed by atoms with Gasteiger partial charge in [-0.1, -0.05) is 36.2 Å². The first-order chi connectivity index (χ1) is 13.9. The molecular weight excluding hydrogens is 411 g/mol. The molecule has 160 valence electrons. The fourth-order valence-electron chi connectivity index (χ4n) is 5.15. The number of fused-ring (bicyclic) bond motifs is 1. The molecule has 0 N–H and O–H groups in total. The van der Waals surface area contributed by atoms with Crippen molar-refractivity contribution in [1.29, 1.82) is 0 Å². The standard InChI is InChI=1S/C22H30Cl2N2O3/c1-15-13-28-14-20-22(15,2)26(8-7-25(20)12-17-4-3-9-29-17)21(27)11-16-5-6-18(23)19(24)10-16/h5-6,10,15,17,20H,3-4,7-9,11-14H2,1-2H3. The predicted molar refractivity (Wildman–Crippen MR) is 115 cm³/mol. The van der Waals surface area contributed by atoms with Gasteiger partial charge in [0, 0.05) is 32.2 Å². The maximum absolute atomic E-state index is 13.4. The maximum atomic E-state index is 13.4. The summed E-state index contributed by atoms with van der Waals surface area (Å²) in [5.74, 6) is 0.396. The lowest BCUT2D eigenvalue weighted by Gasteiger charge is -2.59. The highest BCUT2D eigenvalue weighted by atomic mass is 35.5. The summed E-state index contributed by atoms with van der Waals surface area (Å²) in [4.78, 5) is 18.0. The van der Waals surface area contributed by atoms with Crippen molar-refractivity contribution >= 4 is 29.1 Å². The van der Waals surface area contributed by atoms with Gasteiger partial charge in [-0.3, -0.25) is 9.69 Å². The molecule has 1 aromatic rings. The largest absolute Gasteiger partial charge is 0.379 e. The van der Waals surface area contributed by atoms with E-state index in [9.17, 15) is 4.79 Å². The van der Waals surface area contributed by atoms with Gasteiger partial charge in [0.15, 0.2) is 0 Å². The first kappa shape index (κ1) is 21.4. The molecule has 1 aromatic carbocycles. The SMILES string of the molecule is CC1COCC2N(CC3CCCO3)CCN(C(=O)Cc3ccc(Cl)c(Cl)c3)C12C. The van der Waals surface area contributed by atoms with Crippen LogP contribution >= 0.6 is 23.2 Å². The Hall–Kier alpha value is -0.850. The van der Waals surface area contributed by atoms with E-state index in [0.29, 0.717) is 35.8 Å². The Bertz CT molecular complexity index is 756. The molecule has 3 fully saturated rings. The fraction of sp³-hybridized carbons (Fsp3) is 0.682. The van der Waals surface area contributed by atoms with E-state index in [-0.39, 0.29) is 23.4 Å². The lowest BCUT2D eigenvalue weighted by atomic mass is 9.75. The van der Waals surface area contributed by atoms with E-state index < -0.39 is 0 Å². The van der Waals surface area contributed by atoms with Crippen LogP contribution in [0.4, 0.5) is 0 Å². The number of ether oxygens (including phenoxy) is 2. The third-order valence-electron chi connectivity index (χ3n) is 7.05. The van der Waals surface area contributed by atoms with Gasteiger partial charge in [0.05, 0.1) is 47.4 Å². The third-order valence-corrected chi connectivity index (χ3v) is 7.79. The van der Waals surface area contributed by atoms with Gasteiger partial charge in [-0.2, -0.15) is 0 Å². The molecule has 3 heterocycles. The van der Waals surface area contributed by atoms with E-state index in [1.165, 1.54) is 0 Å². The van der Waals surface area contributed by atoms with Crippen molar-refractivity contribution in [2.75, 3.05) is 39.5 Å². The second-order valence-corrected chi connectivity index (χ2v) is 9.60. The number of carbonyl (C=O) groups excluding carboxylic acids is 1. The second-order valence-electron chi connectivity index (χ2n) is 8.78. The van der Waals surface area contributed by atoms with E-state index in [0.717, 1.165) is 44.6 Å². The van der Waals surface area contributed by atoms with Crippen LogP contribution in [0.5, 0.6) is 0 Å². The van der Waals surface area contributed by atoms with Crippen molar-refractivity contribution in [2.24, 2.45) is 5.92 Å². The van der Waals surface area contributed by atoms with Crippen LogP contribution in [-0.2, 0) is 20.7 Å². The van der Waals surface area contributed by atoms with Crippen molar-refractivity contribution in [3.63, 3.8) is 0 Å². The Labute approximate surface area is 183 Å². The van der Waals surface area contributed by atoms with Crippen LogP contribution in [0.1, 0.15) is 32.3 Å². The number of hydrogen-bond acceptors (Lipinski definition) is 4. The Balaban J connectivity index is 1.53. The number of hydrogen-bond donors (Lipinski definition) is 0. The Morgan fingerprint density at radius 1 is 1.24 bits per heavy atom. The van der Waals surface area contributed by atoms with Gasteiger partial charge in [0.25, 0.3) is 0 Å². The molecule has 0 aromatic heterocycles. The summed E-state index contributed by atoms with van der Waals surface area (Å²) in [5, 5.41) is 0.998. The van der Waals surface area contributed by atoms with Crippen LogP contribution < -0.4 is 0 Å². The zero-order valence-electron chi connectivity index (χ0n) is 17.2. The number of halogens is 2. The Kier molecular flexibility index (Phi) is 6.43. The molecule has 0 saturated carbocycles. The molecule has 4 rings (SSSR count). The minimum Gasteiger partial charge on any atom is -0.379 e. The van der Waals surface area contributed by atoms with Crippen LogP contribution in [0, 0.1) is 5.92 Å². The topological polar surface area (TPSA) is 42.0 Å². The fourth-order valence-corrected chi connectivity index (χ4v) is 5.47. The first-order valence-corrected chi connectivity index (χ1v) is 11.3. The zero-order chi connectivity index (χ0) is 20.6. The van der Waals surface area contributed by atoms with Crippen LogP contribution in [0.15, 0.2) is 18.2 Å². The first-order valence-electron chi connectivity index (χ1n) is 10.6. The van der Waals surface area contributed by atoms with Gasteiger partial charge >= 0.3 is 0 Å². The molecule has 0 aliphatic carbocycles. The number of carbonyl (C=O) groups is 1. The highest BCUT2D eigenvalue weighted by molar-refractivity contribution is 6.42. The molecule has 3 saturated heterocycles. The minimum absolute atomic E-state index is 0.140. The molecule has 0 spiro atoms. The Morgan fingerprint density at radius 2 is 2.07 bits per heavy atom. The lowest BCUT2D eigenvalue weighted by Crippen LogP contribution is -2.74. The van der Waals surface area contributed by atoms with Gasteiger partial charge in [-0.25, -0.2) is 0 Å². The minimum atomic E-state index is -0.262. The molecule has 3 aliphatic heterocycles. The van der Waals surface area contributed by atoms with E-state index in [2.05, 4.69) is 23.6 Å². The summed E-state index contributed by atoms with van der Waals surface area (Å²) >= 11 is 12.2. The van der Waals surface area contributed by atoms with E-state index in [1.807, 2.05) is 6.07 Å². The smallest absolute Gasteiger partial charge is 0.227 e. The molecule has 0 bridgehead atoms. The summed E-state index contributed by atoms with van der Waals surface area (Å²) in [5.41, 5.74) is 0.633. The molecule has 1 amide bonds. The second kappa shape index (κ2) is 8.72. The number of amides is 1. The molecule has 4 atom stereocenters. The van der Waals surface area contributed by atoms with E-state index >= 15 is 0 Å². The van der Waals surface area contributed by atoms with Crippen molar-refractivity contribution in [2.45, 2.75) is 50.8 Å². The number of benzene rings is 1. The highest BCUT2D eigenvalue weighted by Crippen LogP contribution is 2.39. The van der Waals surface area contributed by atoms with Crippen molar-refractivity contribution in [3.05, 3.63) is 33.8 Å². The molecule has 4 unspecified atom stereocenters. The zero-order valence-corrected chi connectivity index (χ0v) is 18.7. The van der Waals surface area contributed by atoms with Crippen LogP contribution in [0.3, 0.4) is 0 Å². The van der Waals surface area contributed by atoms with Crippen LogP contribution in [-0.4, -0.2) is 72.8 Å². The summed E-state index contributed by atoms with van der Waals surface area (Å²) in [6.07, 6.45) is 2.89. The van der Waals surface area contributed by atoms with E-state index in [1.54, 1.807) is 12.1 Å². The van der Waals surface area contributed by atoms with Gasteiger partial charge in [-0.15, -0.1) is 0 Å². The number of rotatable bonds is 4. The highest BCUT2D eigenvalue weighted by Gasteiger charge is 2.53. The van der Waals surface area contributed by atoms with Gasteiger partial charge in [0.1, 0.15) is 0 Å². The summed E-state index contributed by atoms with van der Waals surface area (Å²) < 4.78 is 11.8. The molecule has 5 nitrogen and oxygen atoms in total. The molecular formula is C22H30Cl2N2O3. The maximum Gasteiger partial charge on any atom is 0.227 e. The molecule has 0 radical (unpaired) electrons. The monoisotopic (exact) mass is 440 g/mol.